The normalized spacial score (nSPS) is 22.1. The third kappa shape index (κ3) is 2.50. The van der Waals surface area contributed by atoms with E-state index in [1.165, 1.54) is 6.20 Å². The standard InChI is InChI=1S/C13H16N4O2/c1-3-19-12(18)13(2)4-7-17(9-13)11-10(8-14)15-5-6-16-11/h5-6H,3-4,7,9H2,1-2H3. The second-order valence-electron chi connectivity index (χ2n) is 4.79. The van der Waals surface area contributed by atoms with Gasteiger partial charge in [0.25, 0.3) is 0 Å². The highest BCUT2D eigenvalue weighted by atomic mass is 16.5. The Morgan fingerprint density at radius 3 is 3.00 bits per heavy atom. The Morgan fingerprint density at radius 2 is 2.32 bits per heavy atom. The van der Waals surface area contributed by atoms with E-state index >= 15 is 0 Å². The van der Waals surface area contributed by atoms with Crippen LogP contribution in [0.3, 0.4) is 0 Å². The highest BCUT2D eigenvalue weighted by Crippen LogP contribution is 2.34. The van der Waals surface area contributed by atoms with Gasteiger partial charge in [-0.3, -0.25) is 4.79 Å². The van der Waals surface area contributed by atoms with Crippen LogP contribution in [0.4, 0.5) is 5.82 Å². The maximum absolute atomic E-state index is 11.9. The lowest BCUT2D eigenvalue weighted by atomic mass is 9.90. The van der Waals surface area contributed by atoms with E-state index in [9.17, 15) is 4.79 Å². The molecule has 1 aromatic rings. The fourth-order valence-corrected chi connectivity index (χ4v) is 2.25. The van der Waals surface area contributed by atoms with Gasteiger partial charge in [0, 0.05) is 25.5 Å². The second-order valence-corrected chi connectivity index (χ2v) is 4.79. The van der Waals surface area contributed by atoms with Gasteiger partial charge >= 0.3 is 5.97 Å². The SMILES string of the molecule is CCOC(=O)C1(C)CCN(c2nccnc2C#N)C1. The van der Waals surface area contributed by atoms with Crippen LogP contribution in [0, 0.1) is 16.7 Å². The molecule has 1 aliphatic heterocycles. The number of aromatic nitrogens is 2. The lowest BCUT2D eigenvalue weighted by Crippen LogP contribution is -2.34. The van der Waals surface area contributed by atoms with Crippen molar-refractivity contribution < 1.29 is 9.53 Å². The monoisotopic (exact) mass is 260 g/mol. The number of nitriles is 1. The van der Waals surface area contributed by atoms with Crippen LogP contribution in [0.2, 0.25) is 0 Å². The van der Waals surface area contributed by atoms with Crippen molar-refractivity contribution in [2.24, 2.45) is 5.41 Å². The Labute approximate surface area is 112 Å². The highest BCUT2D eigenvalue weighted by Gasteiger charge is 2.42. The summed E-state index contributed by atoms with van der Waals surface area (Å²) in [7, 11) is 0. The van der Waals surface area contributed by atoms with Gasteiger partial charge in [0.2, 0.25) is 0 Å². The predicted molar refractivity (Wildman–Crippen MR) is 68.3 cm³/mol. The number of carbonyl (C=O) groups excluding carboxylic acids is 1. The van der Waals surface area contributed by atoms with Gasteiger partial charge in [-0.25, -0.2) is 9.97 Å². The third-order valence-corrected chi connectivity index (χ3v) is 3.33. The van der Waals surface area contributed by atoms with E-state index < -0.39 is 5.41 Å². The van der Waals surface area contributed by atoms with Crippen molar-refractivity contribution >= 4 is 11.8 Å². The molecule has 0 N–H and O–H groups in total. The Bertz CT molecular complexity index is 526. The summed E-state index contributed by atoms with van der Waals surface area (Å²) in [6.07, 6.45) is 3.73. The zero-order valence-corrected chi connectivity index (χ0v) is 11.1. The number of hydrogen-bond acceptors (Lipinski definition) is 6. The molecule has 0 spiro atoms. The molecule has 1 aromatic heterocycles. The van der Waals surface area contributed by atoms with Crippen molar-refractivity contribution in [2.45, 2.75) is 20.3 Å². The lowest BCUT2D eigenvalue weighted by Gasteiger charge is -2.23. The molecule has 1 unspecified atom stereocenters. The summed E-state index contributed by atoms with van der Waals surface area (Å²) in [5, 5.41) is 9.03. The van der Waals surface area contributed by atoms with Gasteiger partial charge in [-0.15, -0.1) is 0 Å². The molecular formula is C13H16N4O2. The Morgan fingerprint density at radius 1 is 1.58 bits per heavy atom. The van der Waals surface area contributed by atoms with Crippen LogP contribution in [0.25, 0.3) is 0 Å². The molecule has 6 nitrogen and oxygen atoms in total. The quantitative estimate of drug-likeness (QED) is 0.758. The molecular weight excluding hydrogens is 244 g/mol. The first-order valence-electron chi connectivity index (χ1n) is 6.24. The van der Waals surface area contributed by atoms with E-state index in [1.54, 1.807) is 13.1 Å². The topological polar surface area (TPSA) is 79.1 Å². The highest BCUT2D eigenvalue weighted by molar-refractivity contribution is 5.78. The largest absolute Gasteiger partial charge is 0.466 e. The average molecular weight is 260 g/mol. The van der Waals surface area contributed by atoms with E-state index in [1.807, 2.05) is 17.9 Å². The number of ether oxygens (including phenoxy) is 1. The molecule has 19 heavy (non-hydrogen) atoms. The molecule has 100 valence electrons. The van der Waals surface area contributed by atoms with Crippen LogP contribution < -0.4 is 4.90 Å². The summed E-state index contributed by atoms with van der Waals surface area (Å²) in [6, 6.07) is 2.02. The second kappa shape index (κ2) is 5.22. The minimum atomic E-state index is -0.541. The molecule has 1 saturated heterocycles. The van der Waals surface area contributed by atoms with Gasteiger partial charge in [-0.1, -0.05) is 0 Å². The molecule has 1 aliphatic rings. The summed E-state index contributed by atoms with van der Waals surface area (Å²) in [5.41, 5.74) is -0.254. The number of rotatable bonds is 3. The first kappa shape index (κ1) is 13.3. The van der Waals surface area contributed by atoms with Crippen molar-refractivity contribution in [3.8, 4) is 6.07 Å². The van der Waals surface area contributed by atoms with Gasteiger partial charge < -0.3 is 9.64 Å². The maximum atomic E-state index is 11.9. The van der Waals surface area contributed by atoms with Crippen molar-refractivity contribution in [2.75, 3.05) is 24.6 Å². The molecule has 0 aliphatic carbocycles. The smallest absolute Gasteiger partial charge is 0.313 e. The number of anilines is 1. The van der Waals surface area contributed by atoms with Crippen LogP contribution in [0.1, 0.15) is 26.0 Å². The first-order chi connectivity index (χ1) is 9.10. The van der Waals surface area contributed by atoms with Crippen molar-refractivity contribution in [1.82, 2.24) is 9.97 Å². The Kier molecular flexibility index (Phi) is 3.65. The zero-order valence-electron chi connectivity index (χ0n) is 11.1. The van der Waals surface area contributed by atoms with Crippen LogP contribution in [0.5, 0.6) is 0 Å². The summed E-state index contributed by atoms with van der Waals surface area (Å²) in [6.45, 7) is 5.22. The van der Waals surface area contributed by atoms with E-state index in [0.717, 1.165) is 0 Å². The molecule has 2 rings (SSSR count). The minimum absolute atomic E-state index is 0.195. The average Bonchev–Trinajstić information content (AvgIpc) is 2.83. The van der Waals surface area contributed by atoms with Gasteiger partial charge in [-0.2, -0.15) is 5.26 Å². The van der Waals surface area contributed by atoms with Crippen LogP contribution in [0.15, 0.2) is 12.4 Å². The maximum Gasteiger partial charge on any atom is 0.313 e. The molecule has 0 saturated carbocycles. The van der Waals surface area contributed by atoms with E-state index in [2.05, 4.69) is 9.97 Å². The van der Waals surface area contributed by atoms with Crippen molar-refractivity contribution in [3.63, 3.8) is 0 Å². The predicted octanol–water partition coefficient (Wildman–Crippen LogP) is 1.13. The summed E-state index contributed by atoms with van der Waals surface area (Å²) >= 11 is 0. The molecule has 1 atom stereocenters. The summed E-state index contributed by atoms with van der Waals surface area (Å²) in [5.74, 6) is 0.345. The van der Waals surface area contributed by atoms with E-state index in [-0.39, 0.29) is 11.7 Å². The summed E-state index contributed by atoms with van der Waals surface area (Å²) in [4.78, 5) is 22.0. The van der Waals surface area contributed by atoms with E-state index in [0.29, 0.717) is 31.9 Å². The number of nitrogens with zero attached hydrogens (tertiary/aromatic N) is 4. The van der Waals surface area contributed by atoms with Crippen LogP contribution in [-0.4, -0.2) is 35.6 Å². The molecule has 0 amide bonds. The lowest BCUT2D eigenvalue weighted by molar-refractivity contribution is -0.153. The number of esters is 1. The summed E-state index contributed by atoms with van der Waals surface area (Å²) < 4.78 is 5.10. The number of hydrogen-bond donors (Lipinski definition) is 0. The minimum Gasteiger partial charge on any atom is -0.466 e. The van der Waals surface area contributed by atoms with E-state index in [4.69, 9.17) is 10.00 Å². The zero-order chi connectivity index (χ0) is 13.9. The van der Waals surface area contributed by atoms with Gasteiger partial charge in [-0.05, 0) is 20.3 Å². The fraction of sp³-hybridized carbons (Fsp3) is 0.538. The third-order valence-electron chi connectivity index (χ3n) is 3.33. The molecule has 0 bridgehead atoms. The molecule has 6 heteroatoms. The molecule has 1 fully saturated rings. The Balaban J connectivity index is 2.18. The fourth-order valence-electron chi connectivity index (χ4n) is 2.25. The molecule has 2 heterocycles. The van der Waals surface area contributed by atoms with Crippen LogP contribution in [-0.2, 0) is 9.53 Å². The molecule has 0 radical (unpaired) electrons. The number of carbonyl (C=O) groups is 1. The molecule has 0 aromatic carbocycles. The van der Waals surface area contributed by atoms with Gasteiger partial charge in [0.15, 0.2) is 11.5 Å². The van der Waals surface area contributed by atoms with Crippen LogP contribution >= 0.6 is 0 Å². The Hall–Kier alpha value is -2.16. The van der Waals surface area contributed by atoms with Crippen molar-refractivity contribution in [1.29, 1.82) is 5.26 Å². The van der Waals surface area contributed by atoms with Gasteiger partial charge in [0.05, 0.1) is 12.0 Å². The first-order valence-corrected chi connectivity index (χ1v) is 6.24. The van der Waals surface area contributed by atoms with Gasteiger partial charge in [0.1, 0.15) is 6.07 Å². The van der Waals surface area contributed by atoms with Crippen molar-refractivity contribution in [3.05, 3.63) is 18.1 Å².